The number of nitrogens with two attached hydrogens (primary N) is 1. The maximum atomic E-state index is 11.8. The average Bonchev–Trinajstić information content (AvgIpc) is 3.01. The van der Waals surface area contributed by atoms with E-state index >= 15 is 0 Å². The number of benzene rings is 1. The van der Waals surface area contributed by atoms with Crippen LogP contribution >= 0.6 is 23.2 Å². The summed E-state index contributed by atoms with van der Waals surface area (Å²) in [5.41, 5.74) is 5.54. The van der Waals surface area contributed by atoms with Crippen LogP contribution in [-0.2, 0) is 4.79 Å². The van der Waals surface area contributed by atoms with Crippen molar-refractivity contribution in [2.24, 2.45) is 11.7 Å². The second-order valence-corrected chi connectivity index (χ2v) is 4.46. The first-order valence-electron chi connectivity index (χ1n) is 4.65. The van der Waals surface area contributed by atoms with Crippen molar-refractivity contribution in [1.82, 2.24) is 0 Å². The summed E-state index contributed by atoms with van der Waals surface area (Å²) in [4.78, 5) is 22.7. The van der Waals surface area contributed by atoms with Crippen LogP contribution in [0.15, 0.2) is 18.2 Å². The Balaban J connectivity index is 2.17. The Kier molecular flexibility index (Phi) is 2.91. The van der Waals surface area contributed by atoms with Crippen LogP contribution in [0.3, 0.4) is 0 Å². The molecule has 83 valence electrons. The summed E-state index contributed by atoms with van der Waals surface area (Å²) in [7, 11) is 0. The third-order valence-electron chi connectivity index (χ3n) is 2.50. The van der Waals surface area contributed by atoms with Gasteiger partial charge < -0.3 is 5.73 Å². The van der Waals surface area contributed by atoms with Gasteiger partial charge in [0.05, 0.1) is 21.9 Å². The van der Waals surface area contributed by atoms with Crippen molar-refractivity contribution in [3.05, 3.63) is 39.7 Å². The zero-order chi connectivity index (χ0) is 11.9. The van der Waals surface area contributed by atoms with E-state index in [-0.39, 0.29) is 5.78 Å². The molecule has 1 aromatic rings. The fraction of sp³-hybridized carbons (Fsp3) is 0.182. The maximum absolute atomic E-state index is 11.8. The van der Waals surface area contributed by atoms with Crippen molar-refractivity contribution in [3.63, 3.8) is 0 Å². The number of carbonyl (C=O) groups is 2. The van der Waals surface area contributed by atoms with Crippen molar-refractivity contribution in [3.8, 4) is 0 Å². The summed E-state index contributed by atoms with van der Waals surface area (Å²) in [6, 6.07) is 4.63. The van der Waals surface area contributed by atoms with Gasteiger partial charge >= 0.3 is 0 Å². The Bertz CT molecular complexity index is 473. The van der Waals surface area contributed by atoms with Gasteiger partial charge in [-0.25, -0.2) is 0 Å². The molecule has 5 heteroatoms. The molecule has 0 heterocycles. The van der Waals surface area contributed by atoms with Crippen LogP contribution in [0.4, 0.5) is 0 Å². The number of Topliss-reactive ketones (excluding diaryl/α,β-unsaturated/α-hetero) is 1. The predicted octanol–water partition coefficient (Wildman–Crippen LogP) is 2.26. The topological polar surface area (TPSA) is 60.2 Å². The van der Waals surface area contributed by atoms with E-state index in [2.05, 4.69) is 0 Å². The number of carbonyl (C=O) groups excluding carboxylic acids is 2. The van der Waals surface area contributed by atoms with Crippen LogP contribution in [0.2, 0.25) is 10.0 Å². The molecule has 2 rings (SSSR count). The Morgan fingerprint density at radius 2 is 1.94 bits per heavy atom. The summed E-state index contributed by atoms with van der Waals surface area (Å²) >= 11 is 11.5. The Morgan fingerprint density at radius 3 is 2.44 bits per heavy atom. The molecular formula is C11H8Cl2NO2. The molecule has 1 aliphatic carbocycles. The minimum absolute atomic E-state index is 0.178. The minimum Gasteiger partial charge on any atom is -0.369 e. The van der Waals surface area contributed by atoms with Crippen molar-refractivity contribution in [2.45, 2.75) is 6.42 Å². The van der Waals surface area contributed by atoms with Gasteiger partial charge in [-0.1, -0.05) is 23.2 Å². The molecule has 1 atom stereocenters. The monoisotopic (exact) mass is 256 g/mol. The van der Waals surface area contributed by atoms with E-state index in [1.54, 1.807) is 12.1 Å². The lowest BCUT2D eigenvalue weighted by Crippen LogP contribution is -2.16. The second-order valence-electron chi connectivity index (χ2n) is 3.64. The van der Waals surface area contributed by atoms with E-state index in [1.165, 1.54) is 6.07 Å². The Labute approximate surface area is 103 Å². The lowest BCUT2D eigenvalue weighted by molar-refractivity contribution is -0.118. The van der Waals surface area contributed by atoms with Gasteiger partial charge in [-0.3, -0.25) is 9.59 Å². The number of primary amides is 1. The molecule has 1 aromatic carbocycles. The van der Waals surface area contributed by atoms with Crippen molar-refractivity contribution in [1.29, 1.82) is 0 Å². The fourth-order valence-corrected chi connectivity index (χ4v) is 1.81. The van der Waals surface area contributed by atoms with Gasteiger partial charge in [-0.2, -0.15) is 0 Å². The van der Waals surface area contributed by atoms with Gasteiger partial charge in [-0.05, 0) is 24.6 Å². The van der Waals surface area contributed by atoms with Gasteiger partial charge in [0.2, 0.25) is 5.91 Å². The Morgan fingerprint density at radius 1 is 1.25 bits per heavy atom. The minimum atomic E-state index is -0.455. The normalized spacial score (nSPS) is 19.5. The molecule has 3 nitrogen and oxygen atoms in total. The van der Waals surface area contributed by atoms with Gasteiger partial charge in [0.25, 0.3) is 0 Å². The molecule has 1 unspecified atom stereocenters. The summed E-state index contributed by atoms with van der Waals surface area (Å²) in [5, 5.41) is 0.717. The quantitative estimate of drug-likeness (QED) is 0.844. The third-order valence-corrected chi connectivity index (χ3v) is 3.24. The molecule has 0 spiro atoms. The fourth-order valence-electron chi connectivity index (χ4n) is 1.51. The molecule has 0 saturated heterocycles. The van der Waals surface area contributed by atoms with Gasteiger partial charge in [0, 0.05) is 5.56 Å². The van der Waals surface area contributed by atoms with Crippen LogP contribution in [0, 0.1) is 11.8 Å². The molecule has 1 saturated carbocycles. The summed E-state index contributed by atoms with van der Waals surface area (Å²) in [6.45, 7) is 0. The maximum Gasteiger partial charge on any atom is 0.221 e. The van der Waals surface area contributed by atoms with E-state index in [0.717, 1.165) is 0 Å². The lowest BCUT2D eigenvalue weighted by Gasteiger charge is -2.01. The first kappa shape index (κ1) is 11.4. The SMILES string of the molecule is NC(=O)C1C[C]1C(=O)c1ccc(Cl)c(Cl)c1. The highest BCUT2D eigenvalue weighted by Crippen LogP contribution is 2.43. The molecular weight excluding hydrogens is 249 g/mol. The highest BCUT2D eigenvalue weighted by molar-refractivity contribution is 6.42. The van der Waals surface area contributed by atoms with E-state index in [0.29, 0.717) is 27.9 Å². The van der Waals surface area contributed by atoms with Crippen molar-refractivity contribution >= 4 is 34.9 Å². The molecule has 1 amide bonds. The summed E-state index contributed by atoms with van der Waals surface area (Å²) < 4.78 is 0. The number of rotatable bonds is 3. The van der Waals surface area contributed by atoms with E-state index in [9.17, 15) is 9.59 Å². The van der Waals surface area contributed by atoms with Crippen LogP contribution in [0.5, 0.6) is 0 Å². The smallest absolute Gasteiger partial charge is 0.221 e. The molecule has 16 heavy (non-hydrogen) atoms. The second kappa shape index (κ2) is 4.07. The lowest BCUT2D eigenvalue weighted by atomic mass is 10.1. The van der Waals surface area contributed by atoms with Crippen LogP contribution < -0.4 is 5.73 Å². The van der Waals surface area contributed by atoms with Gasteiger partial charge in [-0.15, -0.1) is 0 Å². The number of halogens is 2. The molecule has 1 fully saturated rings. The zero-order valence-corrected chi connectivity index (χ0v) is 9.68. The standard InChI is InChI=1S/C11H8Cl2NO2/c12-8-2-1-5(3-9(8)13)10(15)6-4-7(6)11(14)16/h1-3,7H,4H2,(H2,14,16). The van der Waals surface area contributed by atoms with Gasteiger partial charge in [0.1, 0.15) is 0 Å². The Hall–Kier alpha value is -1.06. The molecule has 1 aliphatic rings. The van der Waals surface area contributed by atoms with E-state index < -0.39 is 11.8 Å². The van der Waals surface area contributed by atoms with Crippen molar-refractivity contribution < 1.29 is 9.59 Å². The third kappa shape index (κ3) is 2.06. The number of amides is 1. The zero-order valence-electron chi connectivity index (χ0n) is 8.17. The van der Waals surface area contributed by atoms with E-state index in [1.807, 2.05) is 0 Å². The van der Waals surface area contributed by atoms with Crippen LogP contribution in [0.1, 0.15) is 16.8 Å². The molecule has 0 bridgehead atoms. The first-order valence-corrected chi connectivity index (χ1v) is 5.41. The van der Waals surface area contributed by atoms with E-state index in [4.69, 9.17) is 28.9 Å². The summed E-state index contributed by atoms with van der Waals surface area (Å²) in [5.74, 6) is -0.487. The number of ketones is 1. The number of hydrogen-bond acceptors (Lipinski definition) is 2. The predicted molar refractivity (Wildman–Crippen MR) is 61.3 cm³/mol. The molecule has 0 aromatic heterocycles. The summed E-state index contributed by atoms with van der Waals surface area (Å²) in [6.07, 6.45) is 0.453. The highest BCUT2D eigenvalue weighted by atomic mass is 35.5. The van der Waals surface area contributed by atoms with Crippen LogP contribution in [0.25, 0.3) is 0 Å². The first-order chi connectivity index (χ1) is 7.50. The average molecular weight is 257 g/mol. The molecule has 1 radical (unpaired) electrons. The van der Waals surface area contributed by atoms with Gasteiger partial charge in [0.15, 0.2) is 5.78 Å². The van der Waals surface area contributed by atoms with Crippen LogP contribution in [-0.4, -0.2) is 11.7 Å². The largest absolute Gasteiger partial charge is 0.369 e. The highest BCUT2D eigenvalue weighted by Gasteiger charge is 2.47. The molecule has 2 N–H and O–H groups in total. The van der Waals surface area contributed by atoms with Crippen molar-refractivity contribution in [2.75, 3.05) is 0 Å². The number of hydrogen-bond donors (Lipinski definition) is 1. The molecule has 0 aliphatic heterocycles.